The second kappa shape index (κ2) is 6.73. The minimum absolute atomic E-state index is 0.0740. The predicted molar refractivity (Wildman–Crippen MR) is 110 cm³/mol. The highest BCUT2D eigenvalue weighted by Crippen LogP contribution is 2.29. The molecule has 2 aliphatic rings. The third-order valence-corrected chi connectivity index (χ3v) is 4.94. The van der Waals surface area contributed by atoms with E-state index in [2.05, 4.69) is 21.0 Å². The van der Waals surface area contributed by atoms with E-state index >= 15 is 0 Å². The number of hydrogen-bond donors (Lipinski definition) is 3. The molecular weight excluding hydrogens is 368 g/mol. The number of hydrogen-bond acceptors (Lipinski definition) is 6. The maximum Gasteiger partial charge on any atom is 0.254 e. The normalized spacial score (nSPS) is 17.8. The number of aryl methyl sites for hydroxylation is 1. The lowest BCUT2D eigenvalue weighted by atomic mass is 10.1. The first-order valence-corrected chi connectivity index (χ1v) is 9.59. The minimum atomic E-state index is -0.361. The van der Waals surface area contributed by atoms with Gasteiger partial charge in [0.05, 0.1) is 12.6 Å². The van der Waals surface area contributed by atoms with E-state index < -0.39 is 0 Å². The number of nitrogens with zero attached hydrogens (tertiary/aromatic N) is 3. The average molecular weight is 388 g/mol. The van der Waals surface area contributed by atoms with Gasteiger partial charge in [-0.1, -0.05) is 12.1 Å². The van der Waals surface area contributed by atoms with E-state index in [1.165, 1.54) is 0 Å². The van der Waals surface area contributed by atoms with Gasteiger partial charge >= 0.3 is 0 Å². The molecule has 2 amide bonds. The highest BCUT2D eigenvalue weighted by Gasteiger charge is 2.25. The van der Waals surface area contributed by atoms with Crippen LogP contribution in [0.15, 0.2) is 42.1 Å². The first kappa shape index (κ1) is 17.4. The molecule has 0 unspecified atom stereocenters. The number of carbonyl (C=O) groups is 2. The van der Waals surface area contributed by atoms with Crippen LogP contribution in [-0.2, 0) is 9.59 Å². The molecule has 29 heavy (non-hydrogen) atoms. The van der Waals surface area contributed by atoms with Crippen LogP contribution in [0.4, 0.5) is 17.3 Å². The second-order valence-electron chi connectivity index (χ2n) is 7.50. The van der Waals surface area contributed by atoms with Gasteiger partial charge in [-0.2, -0.15) is 9.61 Å². The fourth-order valence-corrected chi connectivity index (χ4v) is 3.36. The minimum Gasteiger partial charge on any atom is -0.367 e. The highest BCUT2D eigenvalue weighted by atomic mass is 16.2. The largest absolute Gasteiger partial charge is 0.367 e. The molecule has 0 atom stereocenters. The van der Waals surface area contributed by atoms with E-state index in [0.29, 0.717) is 28.6 Å². The summed E-state index contributed by atoms with van der Waals surface area (Å²) in [5.41, 5.74) is 3.82. The number of carbonyl (C=O) groups excluding carboxylic acids is 2. The van der Waals surface area contributed by atoms with Crippen molar-refractivity contribution in [2.45, 2.75) is 32.2 Å². The Morgan fingerprint density at radius 2 is 2.10 bits per heavy atom. The van der Waals surface area contributed by atoms with Gasteiger partial charge in [-0.25, -0.2) is 4.98 Å². The van der Waals surface area contributed by atoms with Gasteiger partial charge in [-0.15, -0.1) is 0 Å². The van der Waals surface area contributed by atoms with Crippen LogP contribution in [-0.4, -0.2) is 32.5 Å². The van der Waals surface area contributed by atoms with E-state index in [0.717, 1.165) is 29.9 Å². The number of imide groups is 1. The third kappa shape index (κ3) is 3.56. The van der Waals surface area contributed by atoms with E-state index in [1.807, 2.05) is 37.3 Å². The van der Waals surface area contributed by atoms with Gasteiger partial charge < -0.3 is 10.6 Å². The molecule has 1 aliphatic carbocycles. The van der Waals surface area contributed by atoms with Crippen molar-refractivity contribution in [2.24, 2.45) is 0 Å². The average Bonchev–Trinajstić information content (AvgIpc) is 3.31. The van der Waals surface area contributed by atoms with Crippen molar-refractivity contribution in [3.05, 3.63) is 53.2 Å². The number of rotatable bonds is 5. The maximum absolute atomic E-state index is 11.9. The van der Waals surface area contributed by atoms with Crippen molar-refractivity contribution >= 4 is 40.9 Å². The van der Waals surface area contributed by atoms with Gasteiger partial charge in [0.2, 0.25) is 5.91 Å². The first-order valence-electron chi connectivity index (χ1n) is 9.59. The molecule has 3 N–H and O–H groups in total. The van der Waals surface area contributed by atoms with Gasteiger partial charge in [-0.05, 0) is 43.5 Å². The smallest absolute Gasteiger partial charge is 0.254 e. The van der Waals surface area contributed by atoms with Crippen LogP contribution in [0.3, 0.4) is 0 Å². The summed E-state index contributed by atoms with van der Waals surface area (Å²) in [5, 5.41) is 13.6. The summed E-state index contributed by atoms with van der Waals surface area (Å²) in [4.78, 5) is 28.2. The Labute approximate surface area is 167 Å². The van der Waals surface area contributed by atoms with Crippen LogP contribution in [0.1, 0.15) is 30.4 Å². The molecule has 0 bridgehead atoms. The van der Waals surface area contributed by atoms with Crippen molar-refractivity contribution in [3.63, 3.8) is 0 Å². The number of fused-ring (bicyclic) bond motifs is 1. The Morgan fingerprint density at radius 3 is 2.83 bits per heavy atom. The van der Waals surface area contributed by atoms with Gasteiger partial charge in [-0.3, -0.25) is 14.9 Å². The van der Waals surface area contributed by atoms with Crippen LogP contribution in [0.25, 0.3) is 11.7 Å². The second-order valence-corrected chi connectivity index (χ2v) is 7.50. The van der Waals surface area contributed by atoms with Crippen molar-refractivity contribution in [2.75, 3.05) is 10.6 Å². The van der Waals surface area contributed by atoms with Gasteiger partial charge in [0.1, 0.15) is 11.6 Å². The Morgan fingerprint density at radius 1 is 1.24 bits per heavy atom. The molecule has 0 spiro atoms. The third-order valence-electron chi connectivity index (χ3n) is 4.94. The van der Waals surface area contributed by atoms with Gasteiger partial charge in [0.15, 0.2) is 5.65 Å². The van der Waals surface area contributed by atoms with Crippen molar-refractivity contribution in [3.8, 4) is 0 Å². The summed E-state index contributed by atoms with van der Waals surface area (Å²) in [6, 6.07) is 10.4. The zero-order valence-electron chi connectivity index (χ0n) is 15.9. The number of benzene rings is 1. The Hall–Kier alpha value is -3.68. The number of amides is 2. The molecular formula is C21H20N6O2. The zero-order valence-corrected chi connectivity index (χ0v) is 15.9. The summed E-state index contributed by atoms with van der Waals surface area (Å²) in [7, 11) is 0. The van der Waals surface area contributed by atoms with Crippen molar-refractivity contribution in [1.82, 2.24) is 19.9 Å². The highest BCUT2D eigenvalue weighted by molar-refractivity contribution is 6.15. The van der Waals surface area contributed by atoms with Crippen LogP contribution >= 0.6 is 0 Å². The monoisotopic (exact) mass is 388 g/mol. The molecule has 5 rings (SSSR count). The van der Waals surface area contributed by atoms with Gasteiger partial charge in [0.25, 0.3) is 5.91 Å². The lowest BCUT2D eigenvalue weighted by molar-refractivity contribution is -0.124. The SMILES string of the molecule is Cc1cccc(Nc2cc(NC3CC3)n3ncc(C=C4CC(=O)NC4=O)c3n2)c1. The molecule has 2 fully saturated rings. The molecule has 1 aromatic carbocycles. The quantitative estimate of drug-likeness (QED) is 0.459. The van der Waals surface area contributed by atoms with Crippen LogP contribution < -0.4 is 16.0 Å². The number of nitrogens with one attached hydrogen (secondary N) is 3. The van der Waals surface area contributed by atoms with Crippen LogP contribution in [0.2, 0.25) is 0 Å². The topological polar surface area (TPSA) is 100 Å². The van der Waals surface area contributed by atoms with Crippen LogP contribution in [0, 0.1) is 6.92 Å². The summed E-state index contributed by atoms with van der Waals surface area (Å²) in [6.45, 7) is 2.04. The molecule has 3 aromatic rings. The molecule has 3 heterocycles. The summed E-state index contributed by atoms with van der Waals surface area (Å²) in [6.07, 6.45) is 5.69. The van der Waals surface area contributed by atoms with Crippen LogP contribution in [0.5, 0.6) is 0 Å². The fraction of sp³-hybridized carbons (Fsp3) is 0.238. The van der Waals surface area contributed by atoms with E-state index in [-0.39, 0.29) is 18.2 Å². The van der Waals surface area contributed by atoms with E-state index in [9.17, 15) is 9.59 Å². The number of anilines is 3. The summed E-state index contributed by atoms with van der Waals surface area (Å²) < 4.78 is 1.74. The zero-order chi connectivity index (χ0) is 20.0. The maximum atomic E-state index is 11.9. The van der Waals surface area contributed by atoms with E-state index in [1.54, 1.807) is 16.8 Å². The Bertz CT molecular complexity index is 1180. The van der Waals surface area contributed by atoms with Gasteiger partial charge in [0, 0.05) is 28.9 Å². The predicted octanol–water partition coefficient (Wildman–Crippen LogP) is 2.79. The first-order chi connectivity index (χ1) is 14.0. The van der Waals surface area contributed by atoms with Crippen molar-refractivity contribution in [1.29, 1.82) is 0 Å². The number of aromatic nitrogens is 3. The summed E-state index contributed by atoms with van der Waals surface area (Å²) in [5.74, 6) is 0.867. The molecule has 0 radical (unpaired) electrons. The Balaban J connectivity index is 1.57. The van der Waals surface area contributed by atoms with E-state index in [4.69, 9.17) is 4.98 Å². The molecule has 1 saturated carbocycles. The molecule has 8 nitrogen and oxygen atoms in total. The standard InChI is InChI=1S/C21H20N6O2/c1-12-3-2-4-16(7-12)23-17-10-18(24-15-5-6-15)27-20(25-17)14(11-22-27)8-13-9-19(28)26-21(13)29/h2-4,7-8,10-11,15,24H,5-6,9H2,1H3,(H,23,25)(H,26,28,29). The molecule has 8 heteroatoms. The lowest BCUT2D eigenvalue weighted by Crippen LogP contribution is -2.19. The van der Waals surface area contributed by atoms with Crippen molar-refractivity contribution < 1.29 is 9.59 Å². The Kier molecular flexibility index (Phi) is 4.04. The molecule has 1 saturated heterocycles. The molecule has 1 aliphatic heterocycles. The molecule has 146 valence electrons. The molecule has 2 aromatic heterocycles. The summed E-state index contributed by atoms with van der Waals surface area (Å²) >= 11 is 0. The fourth-order valence-electron chi connectivity index (χ4n) is 3.36. The lowest BCUT2D eigenvalue weighted by Gasteiger charge is -2.12.